The zero-order valence-electron chi connectivity index (χ0n) is 11.8. The second-order valence-electron chi connectivity index (χ2n) is 4.76. The van der Waals surface area contributed by atoms with Crippen molar-refractivity contribution < 1.29 is 13.2 Å². The van der Waals surface area contributed by atoms with Gasteiger partial charge in [0.15, 0.2) is 9.84 Å². The predicted molar refractivity (Wildman–Crippen MR) is 78.2 cm³/mol. The molecule has 0 bridgehead atoms. The van der Waals surface area contributed by atoms with Crippen molar-refractivity contribution in [2.75, 3.05) is 18.1 Å². The van der Waals surface area contributed by atoms with Gasteiger partial charge in [0.05, 0.1) is 5.75 Å². The van der Waals surface area contributed by atoms with E-state index < -0.39 is 9.84 Å². The Kier molecular flexibility index (Phi) is 6.31. The van der Waals surface area contributed by atoms with Gasteiger partial charge in [-0.25, -0.2) is 8.42 Å². The quantitative estimate of drug-likeness (QED) is 0.793. The molecular formula is C14H23NO3S. The van der Waals surface area contributed by atoms with Gasteiger partial charge in [0, 0.05) is 18.3 Å². The Labute approximate surface area is 116 Å². The van der Waals surface area contributed by atoms with Crippen molar-refractivity contribution in [3.05, 3.63) is 29.8 Å². The molecule has 0 aliphatic rings. The van der Waals surface area contributed by atoms with E-state index in [0.29, 0.717) is 11.8 Å². The highest BCUT2D eigenvalue weighted by molar-refractivity contribution is 7.91. The Bertz CT molecular complexity index is 466. The molecule has 1 rings (SSSR count). The lowest BCUT2D eigenvalue weighted by molar-refractivity contribution is 0.341. The summed E-state index contributed by atoms with van der Waals surface area (Å²) in [5, 5.41) is 3.33. The third-order valence-electron chi connectivity index (χ3n) is 2.74. The molecule has 19 heavy (non-hydrogen) atoms. The van der Waals surface area contributed by atoms with Crippen molar-refractivity contribution in [3.63, 3.8) is 0 Å². The summed E-state index contributed by atoms with van der Waals surface area (Å²) in [5.41, 5.74) is 1.18. The van der Waals surface area contributed by atoms with Crippen molar-refractivity contribution >= 4 is 9.84 Å². The Morgan fingerprint density at radius 2 is 1.84 bits per heavy atom. The van der Waals surface area contributed by atoms with Crippen LogP contribution in [0.3, 0.4) is 0 Å². The van der Waals surface area contributed by atoms with Gasteiger partial charge < -0.3 is 10.1 Å². The third-order valence-corrected chi connectivity index (χ3v) is 4.41. The van der Waals surface area contributed by atoms with Crippen LogP contribution < -0.4 is 10.1 Å². The monoisotopic (exact) mass is 285 g/mol. The van der Waals surface area contributed by atoms with E-state index in [1.54, 1.807) is 6.92 Å². The molecule has 0 radical (unpaired) electrons. The summed E-state index contributed by atoms with van der Waals surface area (Å²) in [6.45, 7) is 6.88. The molecule has 0 aliphatic heterocycles. The van der Waals surface area contributed by atoms with Crippen LogP contribution in [0.25, 0.3) is 0 Å². The highest BCUT2D eigenvalue weighted by Gasteiger charge is 2.07. The molecular weight excluding hydrogens is 262 g/mol. The van der Waals surface area contributed by atoms with E-state index in [4.69, 9.17) is 4.74 Å². The van der Waals surface area contributed by atoms with Crippen molar-refractivity contribution in [2.45, 2.75) is 33.4 Å². The van der Waals surface area contributed by atoms with E-state index in [0.717, 1.165) is 6.54 Å². The zero-order chi connectivity index (χ0) is 14.3. The largest absolute Gasteiger partial charge is 0.493 e. The van der Waals surface area contributed by atoms with Gasteiger partial charge in [-0.15, -0.1) is 0 Å². The molecule has 0 heterocycles. The van der Waals surface area contributed by atoms with E-state index in [-0.39, 0.29) is 18.1 Å². The molecule has 0 saturated carbocycles. The van der Waals surface area contributed by atoms with Gasteiger partial charge in [0.2, 0.25) is 0 Å². The fraction of sp³-hybridized carbons (Fsp3) is 0.571. The van der Waals surface area contributed by atoms with Crippen molar-refractivity contribution in [1.29, 1.82) is 0 Å². The van der Waals surface area contributed by atoms with Crippen LogP contribution in [-0.2, 0) is 16.4 Å². The molecule has 4 nitrogen and oxygen atoms in total. The molecule has 0 spiro atoms. The summed E-state index contributed by atoms with van der Waals surface area (Å²) < 4.78 is 28.0. The van der Waals surface area contributed by atoms with Crippen LogP contribution in [0.1, 0.15) is 26.3 Å². The molecule has 108 valence electrons. The number of nitrogens with one attached hydrogen (secondary N) is 1. The van der Waals surface area contributed by atoms with Crippen LogP contribution in [0.15, 0.2) is 24.3 Å². The van der Waals surface area contributed by atoms with Crippen LogP contribution in [0, 0.1) is 0 Å². The van der Waals surface area contributed by atoms with E-state index in [1.807, 2.05) is 24.3 Å². The summed E-state index contributed by atoms with van der Waals surface area (Å²) in [6.07, 6.45) is 0. The van der Waals surface area contributed by atoms with Gasteiger partial charge in [-0.1, -0.05) is 32.9 Å². The molecule has 5 heteroatoms. The van der Waals surface area contributed by atoms with Crippen LogP contribution in [-0.4, -0.2) is 32.6 Å². The summed E-state index contributed by atoms with van der Waals surface area (Å²) >= 11 is 0. The van der Waals surface area contributed by atoms with Crippen LogP contribution in [0.5, 0.6) is 5.75 Å². The number of ether oxygens (including phenoxy) is 1. The van der Waals surface area contributed by atoms with Gasteiger partial charge >= 0.3 is 0 Å². The summed E-state index contributed by atoms with van der Waals surface area (Å²) in [4.78, 5) is 0. The summed E-state index contributed by atoms with van der Waals surface area (Å²) in [5.74, 6) is 0.940. The van der Waals surface area contributed by atoms with Crippen LogP contribution >= 0.6 is 0 Å². The second kappa shape index (κ2) is 7.50. The molecule has 0 fully saturated rings. The minimum atomic E-state index is -2.95. The predicted octanol–water partition coefficient (Wildman–Crippen LogP) is 2.00. The van der Waals surface area contributed by atoms with E-state index in [9.17, 15) is 8.42 Å². The Morgan fingerprint density at radius 3 is 2.37 bits per heavy atom. The average molecular weight is 285 g/mol. The maximum Gasteiger partial charge on any atom is 0.153 e. The fourth-order valence-electron chi connectivity index (χ4n) is 1.46. The molecule has 0 unspecified atom stereocenters. The number of rotatable bonds is 8. The number of hydrogen-bond acceptors (Lipinski definition) is 4. The molecule has 1 aromatic rings. The van der Waals surface area contributed by atoms with Crippen molar-refractivity contribution in [3.8, 4) is 5.75 Å². The number of benzene rings is 1. The van der Waals surface area contributed by atoms with E-state index >= 15 is 0 Å². The molecule has 0 amide bonds. The number of hydrogen-bond donors (Lipinski definition) is 1. The highest BCUT2D eigenvalue weighted by atomic mass is 32.2. The zero-order valence-corrected chi connectivity index (χ0v) is 12.7. The maximum absolute atomic E-state index is 11.3. The van der Waals surface area contributed by atoms with Gasteiger partial charge in [0.1, 0.15) is 12.4 Å². The first kappa shape index (κ1) is 16.0. The van der Waals surface area contributed by atoms with Crippen LogP contribution in [0.4, 0.5) is 0 Å². The lowest BCUT2D eigenvalue weighted by Crippen LogP contribution is -2.21. The standard InChI is InChI=1S/C14H23NO3S/c1-4-19(16,17)10-9-18-14-7-5-13(6-8-14)11-15-12(2)3/h5-8,12,15H,4,9-11H2,1-3H3. The topological polar surface area (TPSA) is 55.4 Å². The van der Waals surface area contributed by atoms with Gasteiger partial charge in [-0.2, -0.15) is 0 Å². The normalized spacial score (nSPS) is 11.8. The maximum atomic E-state index is 11.3. The lowest BCUT2D eigenvalue weighted by Gasteiger charge is -2.09. The van der Waals surface area contributed by atoms with Gasteiger partial charge in [-0.3, -0.25) is 0 Å². The first-order valence-electron chi connectivity index (χ1n) is 6.58. The molecule has 0 atom stereocenters. The first-order chi connectivity index (χ1) is 8.93. The lowest BCUT2D eigenvalue weighted by atomic mass is 10.2. The van der Waals surface area contributed by atoms with E-state index in [1.165, 1.54) is 5.56 Å². The van der Waals surface area contributed by atoms with E-state index in [2.05, 4.69) is 19.2 Å². The highest BCUT2D eigenvalue weighted by Crippen LogP contribution is 2.12. The second-order valence-corrected chi connectivity index (χ2v) is 7.24. The fourth-order valence-corrected chi connectivity index (χ4v) is 2.08. The Morgan fingerprint density at radius 1 is 1.21 bits per heavy atom. The smallest absolute Gasteiger partial charge is 0.153 e. The molecule has 0 saturated heterocycles. The third kappa shape index (κ3) is 6.59. The average Bonchev–Trinajstić information content (AvgIpc) is 2.37. The molecule has 1 aromatic carbocycles. The van der Waals surface area contributed by atoms with Crippen molar-refractivity contribution in [1.82, 2.24) is 5.32 Å². The minimum Gasteiger partial charge on any atom is -0.493 e. The van der Waals surface area contributed by atoms with Crippen molar-refractivity contribution in [2.24, 2.45) is 0 Å². The van der Waals surface area contributed by atoms with Gasteiger partial charge in [-0.05, 0) is 17.7 Å². The van der Waals surface area contributed by atoms with Gasteiger partial charge in [0.25, 0.3) is 0 Å². The SMILES string of the molecule is CCS(=O)(=O)CCOc1ccc(CNC(C)C)cc1. The Balaban J connectivity index is 2.40. The number of sulfone groups is 1. The Hall–Kier alpha value is -1.07. The molecule has 1 N–H and O–H groups in total. The minimum absolute atomic E-state index is 0.0696. The molecule has 0 aromatic heterocycles. The summed E-state index contributed by atoms with van der Waals surface area (Å²) in [6, 6.07) is 8.17. The molecule has 0 aliphatic carbocycles. The van der Waals surface area contributed by atoms with Crippen LogP contribution in [0.2, 0.25) is 0 Å². The first-order valence-corrected chi connectivity index (χ1v) is 8.40. The summed E-state index contributed by atoms with van der Waals surface area (Å²) in [7, 11) is -2.95.